The monoisotopic (exact) mass is 285 g/mol. The first-order chi connectivity index (χ1) is 9.22. The summed E-state index contributed by atoms with van der Waals surface area (Å²) in [6.07, 6.45) is -0.112. The van der Waals surface area contributed by atoms with E-state index < -0.39 is 39.9 Å². The smallest absolute Gasteiger partial charge is 0.338 e. The fourth-order valence-electron chi connectivity index (χ4n) is 1.61. The molecule has 1 unspecified atom stereocenters. The number of aromatic carboxylic acids is 1. The number of nitrogens with two attached hydrogens (primary N) is 1. The number of amides is 1. The van der Waals surface area contributed by atoms with E-state index in [0.717, 1.165) is 0 Å². The minimum Gasteiger partial charge on any atom is -0.478 e. The van der Waals surface area contributed by atoms with E-state index in [4.69, 9.17) is 10.8 Å². The van der Waals surface area contributed by atoms with Crippen LogP contribution in [0.4, 0.5) is 15.8 Å². The average molecular weight is 285 g/mol. The summed E-state index contributed by atoms with van der Waals surface area (Å²) in [7, 11) is 0. The molecule has 0 saturated heterocycles. The van der Waals surface area contributed by atoms with Gasteiger partial charge in [0, 0.05) is 24.6 Å². The number of hydrogen-bond donors (Lipinski definition) is 3. The summed E-state index contributed by atoms with van der Waals surface area (Å²) in [5.41, 5.74) is 3.36. The van der Waals surface area contributed by atoms with Gasteiger partial charge in [-0.25, -0.2) is 9.18 Å². The van der Waals surface area contributed by atoms with Crippen LogP contribution >= 0.6 is 0 Å². The number of anilines is 1. The van der Waals surface area contributed by atoms with Crippen molar-refractivity contribution in [2.24, 2.45) is 5.73 Å². The van der Waals surface area contributed by atoms with Gasteiger partial charge in [-0.15, -0.1) is 0 Å². The molecule has 0 aliphatic rings. The second kappa shape index (κ2) is 5.95. The van der Waals surface area contributed by atoms with Gasteiger partial charge in [0.05, 0.1) is 4.92 Å². The number of rotatable bonds is 6. The highest BCUT2D eigenvalue weighted by molar-refractivity contribution is 5.90. The quantitative estimate of drug-likeness (QED) is 0.529. The summed E-state index contributed by atoms with van der Waals surface area (Å²) in [5, 5.41) is 22.1. The molecule has 1 atom stereocenters. The Hall–Kier alpha value is -2.71. The van der Waals surface area contributed by atoms with Crippen LogP contribution in [0.2, 0.25) is 0 Å². The van der Waals surface area contributed by atoms with Crippen molar-refractivity contribution in [3.63, 3.8) is 0 Å². The summed E-state index contributed by atoms with van der Waals surface area (Å²) < 4.78 is 13.5. The lowest BCUT2D eigenvalue weighted by Crippen LogP contribution is -2.24. The SMILES string of the molecule is CC(CC(N)=O)Nc1cc(F)c(C(=O)O)cc1[N+](=O)[O-]. The van der Waals surface area contributed by atoms with Crippen LogP contribution in [0.15, 0.2) is 12.1 Å². The van der Waals surface area contributed by atoms with Crippen LogP contribution < -0.4 is 11.1 Å². The molecule has 0 radical (unpaired) electrons. The Balaban J connectivity index is 3.18. The van der Waals surface area contributed by atoms with Crippen LogP contribution in [0.5, 0.6) is 0 Å². The van der Waals surface area contributed by atoms with Gasteiger partial charge in [0.1, 0.15) is 17.1 Å². The van der Waals surface area contributed by atoms with E-state index in [2.05, 4.69) is 5.32 Å². The van der Waals surface area contributed by atoms with Crippen molar-refractivity contribution in [2.75, 3.05) is 5.32 Å². The highest BCUT2D eigenvalue weighted by atomic mass is 19.1. The van der Waals surface area contributed by atoms with Gasteiger partial charge in [-0.1, -0.05) is 0 Å². The Labute approximate surface area is 112 Å². The van der Waals surface area contributed by atoms with Gasteiger partial charge in [0.15, 0.2) is 0 Å². The summed E-state index contributed by atoms with van der Waals surface area (Å²) in [4.78, 5) is 31.5. The lowest BCUT2D eigenvalue weighted by atomic mass is 10.1. The first-order valence-corrected chi connectivity index (χ1v) is 5.48. The molecular formula is C11H12FN3O5. The maximum Gasteiger partial charge on any atom is 0.338 e. The van der Waals surface area contributed by atoms with Gasteiger partial charge in [0.2, 0.25) is 5.91 Å². The Morgan fingerprint density at radius 1 is 1.55 bits per heavy atom. The van der Waals surface area contributed by atoms with Crippen LogP contribution in [-0.2, 0) is 4.79 Å². The number of nitro benzene ring substituents is 1. The van der Waals surface area contributed by atoms with Gasteiger partial charge in [-0.2, -0.15) is 0 Å². The topological polar surface area (TPSA) is 136 Å². The summed E-state index contributed by atoms with van der Waals surface area (Å²) in [5.74, 6) is -3.35. The summed E-state index contributed by atoms with van der Waals surface area (Å²) in [6, 6.07) is 0.761. The van der Waals surface area contributed by atoms with Crippen LogP contribution in [0.3, 0.4) is 0 Å². The molecule has 9 heteroatoms. The predicted octanol–water partition coefficient (Wildman–Crippen LogP) is 1.11. The first-order valence-electron chi connectivity index (χ1n) is 5.48. The number of nitro groups is 1. The van der Waals surface area contributed by atoms with Gasteiger partial charge in [-0.05, 0) is 6.92 Å². The molecule has 1 amide bonds. The highest BCUT2D eigenvalue weighted by Crippen LogP contribution is 2.28. The normalized spacial score (nSPS) is 11.7. The summed E-state index contributed by atoms with van der Waals surface area (Å²) >= 11 is 0. The lowest BCUT2D eigenvalue weighted by molar-refractivity contribution is -0.384. The van der Waals surface area contributed by atoms with E-state index >= 15 is 0 Å². The first kappa shape index (κ1) is 15.3. The lowest BCUT2D eigenvalue weighted by Gasteiger charge is -2.14. The van der Waals surface area contributed by atoms with Crippen molar-refractivity contribution in [1.29, 1.82) is 0 Å². The molecule has 108 valence electrons. The van der Waals surface area contributed by atoms with E-state index in [-0.39, 0.29) is 12.1 Å². The van der Waals surface area contributed by atoms with Crippen molar-refractivity contribution in [3.05, 3.63) is 33.6 Å². The van der Waals surface area contributed by atoms with Crippen molar-refractivity contribution in [3.8, 4) is 0 Å². The Bertz CT molecular complexity index is 575. The Morgan fingerprint density at radius 2 is 2.15 bits per heavy atom. The zero-order valence-corrected chi connectivity index (χ0v) is 10.4. The third-order valence-corrected chi connectivity index (χ3v) is 2.42. The molecule has 1 aromatic carbocycles. The van der Waals surface area contributed by atoms with Crippen molar-refractivity contribution in [1.82, 2.24) is 0 Å². The largest absolute Gasteiger partial charge is 0.478 e. The van der Waals surface area contributed by atoms with Crippen LogP contribution in [0, 0.1) is 15.9 Å². The fourth-order valence-corrected chi connectivity index (χ4v) is 1.61. The van der Waals surface area contributed by atoms with Crippen LogP contribution in [-0.4, -0.2) is 27.9 Å². The molecule has 0 aliphatic carbocycles. The van der Waals surface area contributed by atoms with E-state index in [1.165, 1.54) is 6.92 Å². The van der Waals surface area contributed by atoms with E-state index in [0.29, 0.717) is 12.1 Å². The minimum absolute atomic E-state index is 0.112. The number of nitrogens with zero attached hydrogens (tertiary/aromatic N) is 1. The second-order valence-electron chi connectivity index (χ2n) is 4.13. The number of carbonyl (C=O) groups is 2. The molecule has 0 spiro atoms. The number of carboxylic acids is 1. The van der Waals surface area contributed by atoms with Crippen molar-refractivity contribution < 1.29 is 24.0 Å². The average Bonchev–Trinajstić information content (AvgIpc) is 2.26. The predicted molar refractivity (Wildman–Crippen MR) is 66.9 cm³/mol. The van der Waals surface area contributed by atoms with Gasteiger partial charge < -0.3 is 16.2 Å². The number of halogens is 1. The maximum atomic E-state index is 13.5. The fraction of sp³-hybridized carbons (Fsp3) is 0.273. The number of carbonyl (C=O) groups excluding carboxylic acids is 1. The summed E-state index contributed by atoms with van der Waals surface area (Å²) in [6.45, 7) is 1.53. The van der Waals surface area contributed by atoms with E-state index in [1.807, 2.05) is 0 Å². The molecule has 20 heavy (non-hydrogen) atoms. The molecule has 4 N–H and O–H groups in total. The molecule has 1 rings (SSSR count). The minimum atomic E-state index is -1.61. The number of nitrogens with one attached hydrogen (secondary N) is 1. The van der Waals surface area contributed by atoms with Gasteiger partial charge >= 0.3 is 5.97 Å². The zero-order valence-electron chi connectivity index (χ0n) is 10.4. The number of carboxylic acid groups (broad SMARTS) is 1. The number of benzene rings is 1. The van der Waals surface area contributed by atoms with E-state index in [9.17, 15) is 24.1 Å². The van der Waals surface area contributed by atoms with Gasteiger partial charge in [-0.3, -0.25) is 14.9 Å². The molecule has 0 fully saturated rings. The van der Waals surface area contributed by atoms with Crippen molar-refractivity contribution in [2.45, 2.75) is 19.4 Å². The molecule has 0 heterocycles. The molecule has 8 nitrogen and oxygen atoms in total. The van der Waals surface area contributed by atoms with E-state index in [1.54, 1.807) is 0 Å². The molecule has 0 aliphatic heterocycles. The standard InChI is InChI=1S/C11H12FN3O5/c1-5(2-10(13)16)14-8-4-7(12)6(11(17)18)3-9(8)15(19)20/h3-5,14H,2H2,1H3,(H2,13,16)(H,17,18). The van der Waals surface area contributed by atoms with Crippen LogP contribution in [0.1, 0.15) is 23.7 Å². The molecular weight excluding hydrogens is 273 g/mol. The Kier molecular flexibility index (Phi) is 4.57. The molecule has 1 aromatic rings. The van der Waals surface area contributed by atoms with Gasteiger partial charge in [0.25, 0.3) is 5.69 Å². The third kappa shape index (κ3) is 3.64. The second-order valence-corrected chi connectivity index (χ2v) is 4.13. The van der Waals surface area contributed by atoms with Crippen molar-refractivity contribution >= 4 is 23.3 Å². The molecule has 0 saturated carbocycles. The van der Waals surface area contributed by atoms with Crippen LogP contribution in [0.25, 0.3) is 0 Å². The molecule has 0 bridgehead atoms. The number of hydrogen-bond acceptors (Lipinski definition) is 5. The molecule has 0 aromatic heterocycles. The maximum absolute atomic E-state index is 13.5. The number of primary amides is 1. The zero-order chi connectivity index (χ0) is 15.4. The highest BCUT2D eigenvalue weighted by Gasteiger charge is 2.23. The third-order valence-electron chi connectivity index (χ3n) is 2.42. The Morgan fingerprint density at radius 3 is 2.60 bits per heavy atom.